The highest BCUT2D eigenvalue weighted by Gasteiger charge is 2.26. The average molecular weight is 305 g/mol. The number of nitrogens with one attached hydrogen (secondary N) is 1. The summed E-state index contributed by atoms with van der Waals surface area (Å²) in [5.41, 5.74) is 1.17. The van der Waals surface area contributed by atoms with Gasteiger partial charge in [0.1, 0.15) is 6.04 Å². The molecule has 1 saturated heterocycles. The van der Waals surface area contributed by atoms with Crippen molar-refractivity contribution in [3.05, 3.63) is 30.3 Å². The van der Waals surface area contributed by atoms with Gasteiger partial charge in [0.15, 0.2) is 0 Å². The van der Waals surface area contributed by atoms with Crippen LogP contribution in [0.15, 0.2) is 30.3 Å². The van der Waals surface area contributed by atoms with Crippen LogP contribution < -0.4 is 10.2 Å². The minimum atomic E-state index is -0.567. The van der Waals surface area contributed by atoms with Crippen LogP contribution in [0.4, 0.5) is 10.5 Å². The van der Waals surface area contributed by atoms with Crippen molar-refractivity contribution in [2.24, 2.45) is 0 Å². The molecule has 2 amide bonds. The van der Waals surface area contributed by atoms with E-state index in [4.69, 9.17) is 4.74 Å². The van der Waals surface area contributed by atoms with Gasteiger partial charge in [0.2, 0.25) is 5.91 Å². The molecule has 1 fully saturated rings. The van der Waals surface area contributed by atoms with Gasteiger partial charge in [-0.15, -0.1) is 0 Å². The van der Waals surface area contributed by atoms with E-state index < -0.39 is 12.1 Å². The lowest BCUT2D eigenvalue weighted by Crippen LogP contribution is -2.54. The van der Waals surface area contributed by atoms with E-state index in [1.54, 1.807) is 18.7 Å². The van der Waals surface area contributed by atoms with Crippen LogP contribution in [0, 0.1) is 0 Å². The molecule has 1 N–H and O–H groups in total. The number of ether oxygens (including phenoxy) is 1. The molecular formula is C16H23N3O3. The lowest BCUT2D eigenvalue weighted by molar-refractivity contribution is -0.133. The van der Waals surface area contributed by atoms with E-state index in [0.29, 0.717) is 19.7 Å². The van der Waals surface area contributed by atoms with Crippen LogP contribution in [-0.4, -0.2) is 55.7 Å². The predicted octanol–water partition coefficient (Wildman–Crippen LogP) is 1.47. The first-order chi connectivity index (χ1) is 10.6. The maximum absolute atomic E-state index is 12.3. The summed E-state index contributed by atoms with van der Waals surface area (Å²) in [5.74, 6) is -0.0687. The Morgan fingerprint density at radius 2 is 1.82 bits per heavy atom. The van der Waals surface area contributed by atoms with Crippen molar-refractivity contribution < 1.29 is 14.3 Å². The molecule has 2 rings (SSSR count). The lowest BCUT2D eigenvalue weighted by Gasteiger charge is -2.37. The van der Waals surface area contributed by atoms with Gasteiger partial charge in [0, 0.05) is 31.9 Å². The summed E-state index contributed by atoms with van der Waals surface area (Å²) in [6.07, 6.45) is -0.550. The van der Waals surface area contributed by atoms with Crippen molar-refractivity contribution in [1.29, 1.82) is 0 Å². The van der Waals surface area contributed by atoms with Crippen LogP contribution in [0.2, 0.25) is 0 Å². The summed E-state index contributed by atoms with van der Waals surface area (Å²) < 4.78 is 4.80. The molecular weight excluding hydrogens is 282 g/mol. The third-order valence-electron chi connectivity index (χ3n) is 3.69. The lowest BCUT2D eigenvalue weighted by atomic mass is 10.2. The molecule has 1 aromatic carbocycles. The van der Waals surface area contributed by atoms with E-state index in [-0.39, 0.29) is 5.91 Å². The molecule has 0 aliphatic carbocycles. The number of anilines is 1. The van der Waals surface area contributed by atoms with Gasteiger partial charge in [-0.25, -0.2) is 4.79 Å². The smallest absolute Gasteiger partial charge is 0.407 e. The van der Waals surface area contributed by atoms with E-state index in [1.807, 2.05) is 18.2 Å². The number of benzene rings is 1. The Balaban J connectivity index is 1.83. The largest absolute Gasteiger partial charge is 0.450 e. The number of alkyl carbamates (subject to hydrolysis) is 1. The highest BCUT2D eigenvalue weighted by molar-refractivity contribution is 5.85. The fourth-order valence-corrected chi connectivity index (χ4v) is 2.51. The number of para-hydroxylation sites is 1. The van der Waals surface area contributed by atoms with Gasteiger partial charge in [-0.3, -0.25) is 4.79 Å². The maximum Gasteiger partial charge on any atom is 0.407 e. The molecule has 22 heavy (non-hydrogen) atoms. The third-order valence-corrected chi connectivity index (χ3v) is 3.69. The Bertz CT molecular complexity index is 499. The quantitative estimate of drug-likeness (QED) is 0.915. The van der Waals surface area contributed by atoms with Crippen molar-refractivity contribution in [3.8, 4) is 0 Å². The van der Waals surface area contributed by atoms with Gasteiger partial charge in [-0.2, -0.15) is 0 Å². The second-order valence-corrected chi connectivity index (χ2v) is 5.23. The van der Waals surface area contributed by atoms with Crippen molar-refractivity contribution in [2.75, 3.05) is 37.7 Å². The highest BCUT2D eigenvalue weighted by atomic mass is 16.5. The Morgan fingerprint density at radius 3 is 2.41 bits per heavy atom. The average Bonchev–Trinajstić information content (AvgIpc) is 2.55. The van der Waals surface area contributed by atoms with Crippen LogP contribution in [0.5, 0.6) is 0 Å². The monoisotopic (exact) mass is 305 g/mol. The summed E-state index contributed by atoms with van der Waals surface area (Å²) in [6.45, 7) is 6.61. The molecule has 0 bridgehead atoms. The van der Waals surface area contributed by atoms with Gasteiger partial charge in [0.05, 0.1) is 6.61 Å². The first kappa shape index (κ1) is 16.1. The standard InChI is InChI=1S/C16H23N3O3/c1-3-22-16(21)17-13(2)15(20)19-11-9-18(10-12-19)14-7-5-4-6-8-14/h4-8,13H,3,9-12H2,1-2H3,(H,17,21)/t13-/m0/s1. The van der Waals surface area contributed by atoms with E-state index in [1.165, 1.54) is 5.69 Å². The highest BCUT2D eigenvalue weighted by Crippen LogP contribution is 2.15. The van der Waals surface area contributed by atoms with Crippen LogP contribution in [-0.2, 0) is 9.53 Å². The van der Waals surface area contributed by atoms with Crippen molar-refractivity contribution in [2.45, 2.75) is 19.9 Å². The van der Waals surface area contributed by atoms with Crippen LogP contribution in [0.3, 0.4) is 0 Å². The molecule has 0 unspecified atom stereocenters. The summed E-state index contributed by atoms with van der Waals surface area (Å²) >= 11 is 0. The SMILES string of the molecule is CCOC(=O)N[C@@H](C)C(=O)N1CCN(c2ccccc2)CC1. The fraction of sp³-hybridized carbons (Fsp3) is 0.500. The molecule has 1 aliphatic heterocycles. The first-order valence-corrected chi connectivity index (χ1v) is 7.64. The number of hydrogen-bond acceptors (Lipinski definition) is 4. The molecule has 1 atom stereocenters. The molecule has 0 saturated carbocycles. The number of amides is 2. The summed E-state index contributed by atoms with van der Waals surface area (Å²) in [7, 11) is 0. The molecule has 0 spiro atoms. The molecule has 0 aromatic heterocycles. The minimum Gasteiger partial charge on any atom is -0.450 e. The zero-order valence-electron chi connectivity index (χ0n) is 13.1. The Morgan fingerprint density at radius 1 is 1.18 bits per heavy atom. The zero-order valence-corrected chi connectivity index (χ0v) is 13.1. The third kappa shape index (κ3) is 4.13. The molecule has 1 aromatic rings. The van der Waals surface area contributed by atoms with Gasteiger partial charge in [0.25, 0.3) is 0 Å². The van der Waals surface area contributed by atoms with E-state index in [0.717, 1.165) is 13.1 Å². The van der Waals surface area contributed by atoms with E-state index in [2.05, 4.69) is 22.3 Å². The number of piperazine rings is 1. The van der Waals surface area contributed by atoms with Gasteiger partial charge >= 0.3 is 6.09 Å². The number of hydrogen-bond donors (Lipinski definition) is 1. The summed E-state index contributed by atoms with van der Waals surface area (Å²) in [4.78, 5) is 27.7. The van der Waals surface area contributed by atoms with E-state index in [9.17, 15) is 9.59 Å². The second-order valence-electron chi connectivity index (χ2n) is 5.23. The fourth-order valence-electron chi connectivity index (χ4n) is 2.51. The van der Waals surface area contributed by atoms with E-state index >= 15 is 0 Å². The van der Waals surface area contributed by atoms with Crippen molar-refractivity contribution in [1.82, 2.24) is 10.2 Å². The number of nitrogens with zero attached hydrogens (tertiary/aromatic N) is 2. The normalized spacial score (nSPS) is 16.1. The van der Waals surface area contributed by atoms with Crippen molar-refractivity contribution in [3.63, 3.8) is 0 Å². The zero-order chi connectivity index (χ0) is 15.9. The Hall–Kier alpha value is -2.24. The molecule has 120 valence electrons. The number of carbonyl (C=O) groups excluding carboxylic acids is 2. The number of carbonyl (C=O) groups is 2. The van der Waals surface area contributed by atoms with Gasteiger partial charge in [-0.1, -0.05) is 18.2 Å². The molecule has 1 heterocycles. The van der Waals surface area contributed by atoms with Crippen LogP contribution in [0.25, 0.3) is 0 Å². The second kappa shape index (κ2) is 7.68. The Labute approximate surface area is 131 Å². The number of rotatable bonds is 4. The Kier molecular flexibility index (Phi) is 5.63. The van der Waals surface area contributed by atoms with Gasteiger partial charge in [-0.05, 0) is 26.0 Å². The molecule has 0 radical (unpaired) electrons. The predicted molar refractivity (Wildman–Crippen MR) is 84.9 cm³/mol. The summed E-state index contributed by atoms with van der Waals surface area (Å²) in [6, 6.07) is 9.59. The van der Waals surface area contributed by atoms with Crippen LogP contribution >= 0.6 is 0 Å². The van der Waals surface area contributed by atoms with Crippen LogP contribution in [0.1, 0.15) is 13.8 Å². The summed E-state index contributed by atoms with van der Waals surface area (Å²) in [5, 5.41) is 2.55. The maximum atomic E-state index is 12.3. The molecule has 1 aliphatic rings. The van der Waals surface area contributed by atoms with Crippen molar-refractivity contribution >= 4 is 17.7 Å². The molecule has 6 heteroatoms. The molecule has 6 nitrogen and oxygen atoms in total. The first-order valence-electron chi connectivity index (χ1n) is 7.64. The minimum absolute atomic E-state index is 0.0687. The topological polar surface area (TPSA) is 61.9 Å². The van der Waals surface area contributed by atoms with Gasteiger partial charge < -0.3 is 19.9 Å².